The predicted molar refractivity (Wildman–Crippen MR) is 71.0 cm³/mol. The van der Waals surface area contributed by atoms with Crippen LogP contribution >= 0.6 is 0 Å². The molecule has 7 nitrogen and oxygen atoms in total. The van der Waals surface area contributed by atoms with Crippen molar-refractivity contribution < 1.29 is 51.6 Å². The van der Waals surface area contributed by atoms with E-state index in [1.165, 1.54) is 24.3 Å². The van der Waals surface area contributed by atoms with Crippen LogP contribution in [0.5, 0.6) is 11.5 Å². The van der Waals surface area contributed by atoms with E-state index in [2.05, 4.69) is 0 Å². The van der Waals surface area contributed by atoms with Crippen molar-refractivity contribution >= 4 is 21.7 Å². The van der Waals surface area contributed by atoms with Crippen LogP contribution in [-0.2, 0) is 10.1 Å². The summed E-state index contributed by atoms with van der Waals surface area (Å²) in [7, 11) is -5.13. The maximum atomic E-state index is 12.4. The first kappa shape index (κ1) is 17.2. The monoisotopic (exact) mass is 326 g/mol. The molecule has 112 valence electrons. The van der Waals surface area contributed by atoms with E-state index >= 15 is 0 Å². The number of carbonyl (C=O) groups excluding carboxylic acids is 2. The summed E-state index contributed by atoms with van der Waals surface area (Å²) in [5.41, 5.74) is -0.909. The van der Waals surface area contributed by atoms with Gasteiger partial charge in [0.15, 0.2) is 23.1 Å². The number of phenols is 2. The number of ketones is 2. The van der Waals surface area contributed by atoms with Crippen LogP contribution in [0.4, 0.5) is 0 Å². The molecule has 2 aromatic rings. The van der Waals surface area contributed by atoms with Gasteiger partial charge in [-0.25, -0.2) is 8.42 Å². The van der Waals surface area contributed by atoms with Gasteiger partial charge in [-0.3, -0.25) is 9.59 Å². The van der Waals surface area contributed by atoms with Crippen LogP contribution < -0.4 is 18.9 Å². The number of aromatic hydroxyl groups is 2. The first-order chi connectivity index (χ1) is 10.2. The van der Waals surface area contributed by atoms with Crippen LogP contribution in [0.25, 0.3) is 0 Å². The Kier molecular flexibility index (Phi) is 4.13. The zero-order valence-electron chi connectivity index (χ0n) is 11.7. The van der Waals surface area contributed by atoms with E-state index < -0.39 is 49.2 Å². The molecule has 1 aliphatic carbocycles. The van der Waals surface area contributed by atoms with Gasteiger partial charge in [0.1, 0.15) is 15.0 Å². The van der Waals surface area contributed by atoms with Gasteiger partial charge < -0.3 is 14.8 Å². The topological polar surface area (TPSA) is 132 Å². The van der Waals surface area contributed by atoms with Gasteiger partial charge >= 0.3 is 18.9 Å². The Morgan fingerprint density at radius 3 is 1.91 bits per heavy atom. The molecule has 0 unspecified atom stereocenters. The van der Waals surface area contributed by atoms with Crippen molar-refractivity contribution in [2.24, 2.45) is 0 Å². The maximum Gasteiger partial charge on any atom is 1.00 e. The van der Waals surface area contributed by atoms with Crippen LogP contribution in [0.2, 0.25) is 0 Å². The first-order valence-corrected chi connectivity index (χ1v) is 7.37. The van der Waals surface area contributed by atoms with Crippen LogP contribution in [0, 0.1) is 0 Å². The Labute approximate surface area is 142 Å². The molecular weight excluding hydrogens is 319 g/mol. The molecule has 0 fully saturated rings. The second-order valence-electron chi connectivity index (χ2n) is 4.65. The molecule has 0 aromatic heterocycles. The summed E-state index contributed by atoms with van der Waals surface area (Å²) >= 11 is 0. The molecular formula is C14H7LiO7S. The quantitative estimate of drug-likeness (QED) is 0.294. The molecule has 0 radical (unpaired) electrons. The summed E-state index contributed by atoms with van der Waals surface area (Å²) in [6.45, 7) is 0. The Morgan fingerprint density at radius 2 is 1.39 bits per heavy atom. The number of rotatable bonds is 1. The molecule has 3 rings (SSSR count). The minimum absolute atomic E-state index is 0. The molecule has 9 heteroatoms. The minimum Gasteiger partial charge on any atom is -0.744 e. The molecule has 1 aliphatic rings. The summed E-state index contributed by atoms with van der Waals surface area (Å²) in [4.78, 5) is 23.5. The van der Waals surface area contributed by atoms with E-state index in [1.54, 1.807) is 0 Å². The summed E-state index contributed by atoms with van der Waals surface area (Å²) < 4.78 is 33.3. The van der Waals surface area contributed by atoms with E-state index in [1.807, 2.05) is 0 Å². The molecule has 23 heavy (non-hydrogen) atoms. The molecule has 0 amide bonds. The third-order valence-corrected chi connectivity index (χ3v) is 4.25. The molecule has 0 heterocycles. The molecule has 0 bridgehead atoms. The molecule has 0 atom stereocenters. The van der Waals surface area contributed by atoms with E-state index in [0.717, 1.165) is 0 Å². The van der Waals surface area contributed by atoms with Gasteiger partial charge in [0.05, 0.1) is 5.56 Å². The summed E-state index contributed by atoms with van der Waals surface area (Å²) in [6, 6.07) is 6.38. The standard InChI is InChI=1S/C14H8O7S.Li/c15-11-6-3-1-2-4-7(6)12(16)10-8(11)5-9(22(19,20)21)13(17)14(10)18;/h1-5,17-18H,(H,19,20,21);/q;+1/p-1. The molecule has 2 N–H and O–H groups in total. The van der Waals surface area contributed by atoms with Crippen LogP contribution in [0.3, 0.4) is 0 Å². The minimum atomic E-state index is -5.13. The van der Waals surface area contributed by atoms with E-state index in [0.29, 0.717) is 6.07 Å². The van der Waals surface area contributed by atoms with E-state index in [-0.39, 0.29) is 30.0 Å². The fourth-order valence-corrected chi connectivity index (χ4v) is 2.99. The van der Waals surface area contributed by atoms with Gasteiger partial charge in [0, 0.05) is 16.7 Å². The van der Waals surface area contributed by atoms with Gasteiger partial charge in [-0.05, 0) is 6.07 Å². The van der Waals surface area contributed by atoms with Gasteiger partial charge in [-0.15, -0.1) is 0 Å². The summed E-state index contributed by atoms with van der Waals surface area (Å²) in [5, 5.41) is 19.5. The molecule has 0 aliphatic heterocycles. The first-order valence-electron chi connectivity index (χ1n) is 5.96. The maximum absolute atomic E-state index is 12.4. The van der Waals surface area contributed by atoms with Crippen LogP contribution in [0.1, 0.15) is 31.8 Å². The Hall–Kier alpha value is -2.11. The zero-order chi connectivity index (χ0) is 16.2. The SMILES string of the molecule is O=C1c2ccccc2C(=O)c2c1cc(S(=O)(=O)[O-])c(O)c2O.[Li+]. The second kappa shape index (κ2) is 5.51. The summed E-state index contributed by atoms with van der Waals surface area (Å²) in [5.74, 6) is -3.80. The Balaban J connectivity index is 0.00000192. The third-order valence-electron chi connectivity index (χ3n) is 3.40. The van der Waals surface area contributed by atoms with Crippen LogP contribution in [0.15, 0.2) is 35.2 Å². The van der Waals surface area contributed by atoms with Gasteiger partial charge in [-0.1, -0.05) is 24.3 Å². The average molecular weight is 326 g/mol. The molecule has 0 spiro atoms. The zero-order valence-corrected chi connectivity index (χ0v) is 12.5. The van der Waals surface area contributed by atoms with Crippen molar-refractivity contribution in [1.29, 1.82) is 0 Å². The van der Waals surface area contributed by atoms with E-state index in [9.17, 15) is 32.8 Å². The van der Waals surface area contributed by atoms with Crippen molar-refractivity contribution in [2.45, 2.75) is 4.90 Å². The molecule has 0 saturated carbocycles. The fraction of sp³-hybridized carbons (Fsp3) is 0. The number of phenolic OH excluding ortho intramolecular Hbond substituents is 2. The predicted octanol–water partition coefficient (Wildman–Crippen LogP) is -2.22. The largest absolute Gasteiger partial charge is 1.00 e. The summed E-state index contributed by atoms with van der Waals surface area (Å²) in [6.07, 6.45) is 0. The van der Waals surface area contributed by atoms with Gasteiger partial charge in [-0.2, -0.15) is 0 Å². The van der Waals surface area contributed by atoms with Crippen molar-refractivity contribution in [3.8, 4) is 11.5 Å². The number of hydrogen-bond donors (Lipinski definition) is 2. The van der Waals surface area contributed by atoms with Crippen molar-refractivity contribution in [2.75, 3.05) is 0 Å². The van der Waals surface area contributed by atoms with Crippen molar-refractivity contribution in [1.82, 2.24) is 0 Å². The molecule has 0 saturated heterocycles. The van der Waals surface area contributed by atoms with E-state index in [4.69, 9.17) is 0 Å². The number of benzene rings is 2. The third kappa shape index (κ3) is 2.46. The molecule has 2 aromatic carbocycles. The number of hydrogen-bond acceptors (Lipinski definition) is 7. The van der Waals surface area contributed by atoms with Crippen LogP contribution in [-0.4, -0.2) is 34.8 Å². The second-order valence-corrected chi connectivity index (χ2v) is 6.00. The Morgan fingerprint density at radius 1 is 0.870 bits per heavy atom. The fourth-order valence-electron chi connectivity index (χ4n) is 2.39. The van der Waals surface area contributed by atoms with Crippen molar-refractivity contribution in [3.63, 3.8) is 0 Å². The average Bonchev–Trinajstić information content (AvgIpc) is 2.46. The normalized spacial score (nSPS) is 13.1. The number of fused-ring (bicyclic) bond motifs is 2. The van der Waals surface area contributed by atoms with Gasteiger partial charge in [0.25, 0.3) is 0 Å². The Bertz CT molecular complexity index is 963. The smallest absolute Gasteiger partial charge is 0.744 e. The van der Waals surface area contributed by atoms with Crippen molar-refractivity contribution in [3.05, 3.63) is 52.6 Å². The van der Waals surface area contributed by atoms with Gasteiger partial charge in [0.2, 0.25) is 0 Å². The number of carbonyl (C=O) groups is 2.